The van der Waals surface area contributed by atoms with Crippen LogP contribution in [0.2, 0.25) is 0 Å². The lowest BCUT2D eigenvalue weighted by Crippen LogP contribution is -2.31. The first kappa shape index (κ1) is 14.1. The summed E-state index contributed by atoms with van der Waals surface area (Å²) in [4.78, 5) is 0. The number of phenolic OH excluding ortho intramolecular Hbond substituents is 2. The fourth-order valence-corrected chi connectivity index (χ4v) is 3.54. The van der Waals surface area contributed by atoms with Gasteiger partial charge in [0.1, 0.15) is 0 Å². The smallest absolute Gasteiger partial charge is 0.157 e. The molecule has 4 rings (SSSR count). The van der Waals surface area contributed by atoms with Crippen LogP contribution < -0.4 is 5.32 Å². The highest BCUT2D eigenvalue weighted by Gasteiger charge is 2.22. The molecule has 23 heavy (non-hydrogen) atoms. The largest absolute Gasteiger partial charge is 0.504 e. The van der Waals surface area contributed by atoms with E-state index in [1.54, 1.807) is 12.1 Å². The van der Waals surface area contributed by atoms with Gasteiger partial charge in [-0.1, -0.05) is 42.5 Å². The Morgan fingerprint density at radius 2 is 1.74 bits per heavy atom. The van der Waals surface area contributed by atoms with Gasteiger partial charge in [-0.25, -0.2) is 0 Å². The van der Waals surface area contributed by atoms with Gasteiger partial charge in [-0.2, -0.15) is 0 Å². The van der Waals surface area contributed by atoms with Crippen LogP contribution >= 0.6 is 0 Å². The van der Waals surface area contributed by atoms with Gasteiger partial charge in [0.05, 0.1) is 0 Å². The molecule has 0 saturated heterocycles. The Bertz CT molecular complexity index is 867. The zero-order chi connectivity index (χ0) is 15.8. The molecule has 3 aromatic carbocycles. The van der Waals surface area contributed by atoms with Gasteiger partial charge in [-0.3, -0.25) is 0 Å². The predicted molar refractivity (Wildman–Crippen MR) is 91.9 cm³/mol. The summed E-state index contributed by atoms with van der Waals surface area (Å²) in [7, 11) is 0. The molecule has 3 aromatic rings. The summed E-state index contributed by atoms with van der Waals surface area (Å²) in [6.45, 7) is 0.882. The van der Waals surface area contributed by atoms with E-state index < -0.39 is 0 Å². The first-order chi connectivity index (χ1) is 11.2. The SMILES string of the molecule is Oc1cc2c(cc1O)[C@@H](Cc1cccc3ccccc13)NCC2. The van der Waals surface area contributed by atoms with E-state index in [2.05, 4.69) is 47.8 Å². The molecule has 0 saturated carbocycles. The van der Waals surface area contributed by atoms with E-state index in [4.69, 9.17) is 0 Å². The third-order valence-electron chi connectivity index (χ3n) is 4.70. The second kappa shape index (κ2) is 5.60. The number of aromatic hydroxyl groups is 2. The maximum Gasteiger partial charge on any atom is 0.157 e. The van der Waals surface area contributed by atoms with E-state index in [1.165, 1.54) is 16.3 Å². The number of benzene rings is 3. The monoisotopic (exact) mass is 305 g/mol. The molecule has 0 unspecified atom stereocenters. The maximum atomic E-state index is 9.85. The molecule has 0 aliphatic carbocycles. The summed E-state index contributed by atoms with van der Waals surface area (Å²) in [6.07, 6.45) is 1.73. The van der Waals surface area contributed by atoms with Crippen LogP contribution in [0.1, 0.15) is 22.7 Å². The van der Waals surface area contributed by atoms with Crippen LogP contribution in [0.25, 0.3) is 10.8 Å². The Labute approximate surface area is 135 Å². The van der Waals surface area contributed by atoms with Crippen molar-refractivity contribution in [2.75, 3.05) is 6.54 Å². The molecule has 1 aliphatic rings. The molecule has 0 spiro atoms. The molecule has 0 radical (unpaired) electrons. The van der Waals surface area contributed by atoms with E-state index in [0.717, 1.165) is 30.5 Å². The number of hydrogen-bond acceptors (Lipinski definition) is 3. The number of phenols is 2. The summed E-state index contributed by atoms with van der Waals surface area (Å²) in [5.74, 6) is -0.0788. The van der Waals surface area contributed by atoms with Crippen LogP contribution in [-0.2, 0) is 12.8 Å². The number of rotatable bonds is 2. The van der Waals surface area contributed by atoms with Gasteiger partial charge < -0.3 is 15.5 Å². The third-order valence-corrected chi connectivity index (χ3v) is 4.70. The minimum absolute atomic E-state index is 0.0328. The van der Waals surface area contributed by atoms with Crippen LogP contribution in [-0.4, -0.2) is 16.8 Å². The second-order valence-electron chi connectivity index (χ2n) is 6.14. The van der Waals surface area contributed by atoms with E-state index in [-0.39, 0.29) is 17.5 Å². The highest BCUT2D eigenvalue weighted by atomic mass is 16.3. The van der Waals surface area contributed by atoms with Crippen molar-refractivity contribution in [2.24, 2.45) is 0 Å². The van der Waals surface area contributed by atoms with Crippen molar-refractivity contribution < 1.29 is 10.2 Å². The molecule has 3 heteroatoms. The molecule has 1 heterocycles. The van der Waals surface area contributed by atoms with Gasteiger partial charge in [0.25, 0.3) is 0 Å². The molecule has 0 aromatic heterocycles. The third kappa shape index (κ3) is 2.53. The average Bonchev–Trinajstić information content (AvgIpc) is 2.57. The van der Waals surface area contributed by atoms with Crippen molar-refractivity contribution >= 4 is 10.8 Å². The van der Waals surface area contributed by atoms with Gasteiger partial charge in [0.2, 0.25) is 0 Å². The Kier molecular flexibility index (Phi) is 3.43. The van der Waals surface area contributed by atoms with Crippen molar-refractivity contribution in [3.8, 4) is 11.5 Å². The predicted octanol–water partition coefficient (Wildman–Crippen LogP) is 3.68. The second-order valence-corrected chi connectivity index (χ2v) is 6.14. The first-order valence-corrected chi connectivity index (χ1v) is 7.97. The van der Waals surface area contributed by atoms with Crippen molar-refractivity contribution in [3.05, 3.63) is 71.3 Å². The Morgan fingerprint density at radius 3 is 2.65 bits per heavy atom. The molecular formula is C20H19NO2. The number of hydrogen-bond donors (Lipinski definition) is 3. The van der Waals surface area contributed by atoms with Gasteiger partial charge in [0, 0.05) is 6.04 Å². The first-order valence-electron chi connectivity index (χ1n) is 7.97. The van der Waals surface area contributed by atoms with Crippen molar-refractivity contribution in [1.82, 2.24) is 5.32 Å². The molecule has 0 bridgehead atoms. The van der Waals surface area contributed by atoms with Crippen molar-refractivity contribution in [1.29, 1.82) is 0 Å². The quantitative estimate of drug-likeness (QED) is 0.633. The molecule has 3 nitrogen and oxygen atoms in total. The van der Waals surface area contributed by atoms with Gasteiger partial charge in [-0.05, 0) is 59.0 Å². The van der Waals surface area contributed by atoms with E-state index >= 15 is 0 Å². The highest BCUT2D eigenvalue weighted by molar-refractivity contribution is 5.85. The van der Waals surface area contributed by atoms with Crippen LogP contribution in [0.15, 0.2) is 54.6 Å². The Morgan fingerprint density at radius 1 is 0.957 bits per heavy atom. The highest BCUT2D eigenvalue weighted by Crippen LogP contribution is 2.35. The minimum atomic E-state index is -0.0460. The van der Waals surface area contributed by atoms with Crippen LogP contribution in [0, 0.1) is 0 Å². The topological polar surface area (TPSA) is 52.5 Å². The van der Waals surface area contributed by atoms with E-state index in [0.29, 0.717) is 0 Å². The lowest BCUT2D eigenvalue weighted by atomic mass is 9.88. The zero-order valence-electron chi connectivity index (χ0n) is 12.8. The average molecular weight is 305 g/mol. The van der Waals surface area contributed by atoms with E-state index in [9.17, 15) is 10.2 Å². The lowest BCUT2D eigenvalue weighted by molar-refractivity contribution is 0.398. The summed E-state index contributed by atoms with van der Waals surface area (Å²) >= 11 is 0. The summed E-state index contributed by atoms with van der Waals surface area (Å²) < 4.78 is 0. The van der Waals surface area contributed by atoms with Crippen molar-refractivity contribution in [3.63, 3.8) is 0 Å². The Hall–Kier alpha value is -2.52. The normalized spacial score (nSPS) is 17.1. The summed E-state index contributed by atoms with van der Waals surface area (Å²) in [5, 5.41) is 25.6. The number of fused-ring (bicyclic) bond motifs is 2. The van der Waals surface area contributed by atoms with Crippen LogP contribution in [0.4, 0.5) is 0 Å². The molecule has 1 atom stereocenters. The Balaban J connectivity index is 1.74. The number of nitrogens with one attached hydrogen (secondary N) is 1. The van der Waals surface area contributed by atoms with Gasteiger partial charge >= 0.3 is 0 Å². The standard InChI is InChI=1S/C20H19NO2/c22-19-11-15-8-9-21-18(17(15)12-20(19)23)10-14-6-3-5-13-4-1-2-7-16(13)14/h1-7,11-12,18,21-23H,8-10H2/t18-/m1/s1. The summed E-state index contributed by atoms with van der Waals surface area (Å²) in [6, 6.07) is 18.3. The molecule has 116 valence electrons. The zero-order valence-corrected chi connectivity index (χ0v) is 12.8. The molecule has 1 aliphatic heterocycles. The van der Waals surface area contributed by atoms with Crippen LogP contribution in [0.5, 0.6) is 11.5 Å². The van der Waals surface area contributed by atoms with Gasteiger partial charge in [-0.15, -0.1) is 0 Å². The van der Waals surface area contributed by atoms with Gasteiger partial charge in [0.15, 0.2) is 11.5 Å². The van der Waals surface area contributed by atoms with E-state index in [1.807, 2.05) is 0 Å². The molecular weight excluding hydrogens is 286 g/mol. The summed E-state index contributed by atoms with van der Waals surface area (Å²) in [5.41, 5.74) is 3.49. The van der Waals surface area contributed by atoms with Crippen LogP contribution in [0.3, 0.4) is 0 Å². The fraction of sp³-hybridized carbons (Fsp3) is 0.200. The van der Waals surface area contributed by atoms with Crippen molar-refractivity contribution in [2.45, 2.75) is 18.9 Å². The maximum absolute atomic E-state index is 9.85. The molecule has 0 fully saturated rings. The fourth-order valence-electron chi connectivity index (χ4n) is 3.54. The lowest BCUT2D eigenvalue weighted by Gasteiger charge is -2.28. The molecule has 3 N–H and O–H groups in total. The molecule has 0 amide bonds. The minimum Gasteiger partial charge on any atom is -0.504 e.